The number of pyridine rings is 1. The Morgan fingerprint density at radius 1 is 1.03 bits per heavy atom. The van der Waals surface area contributed by atoms with E-state index >= 15 is 0 Å². The van der Waals surface area contributed by atoms with E-state index in [9.17, 15) is 14.0 Å². The molecule has 0 unspecified atom stereocenters. The first-order valence-electron chi connectivity index (χ1n) is 9.57. The average Bonchev–Trinajstić information content (AvgIpc) is 2.77. The highest BCUT2D eigenvalue weighted by atomic mass is 19.1. The van der Waals surface area contributed by atoms with Gasteiger partial charge in [0, 0.05) is 41.6 Å². The summed E-state index contributed by atoms with van der Waals surface area (Å²) >= 11 is 0. The van der Waals surface area contributed by atoms with Crippen molar-refractivity contribution < 1.29 is 9.18 Å². The lowest BCUT2D eigenvalue weighted by molar-refractivity contribution is 0.102. The number of carbonyl (C=O) groups excluding carboxylic acids is 1. The summed E-state index contributed by atoms with van der Waals surface area (Å²) in [6, 6.07) is 12.8. The Morgan fingerprint density at radius 2 is 1.77 bits per heavy atom. The van der Waals surface area contributed by atoms with Crippen molar-refractivity contribution in [2.24, 2.45) is 0 Å². The Balaban J connectivity index is 1.58. The molecule has 0 saturated carbocycles. The maximum absolute atomic E-state index is 13.0. The number of benzene rings is 2. The van der Waals surface area contributed by atoms with Crippen LogP contribution in [0, 0.1) is 5.82 Å². The standard InChI is InChI=1S/C23H19FN4O2/c1-2-10-28-11-9-15-3-4-17(12-20(15)22(28)30)18-13-25-23(26-14-18)27-21(29)16-5-7-19(24)8-6-16/h3-9,11-14H,2,10H2,1H3,(H,25,26,27,29). The molecule has 2 heterocycles. The predicted octanol–water partition coefficient (Wildman–Crippen LogP) is 4.26. The van der Waals surface area contributed by atoms with E-state index in [1.807, 2.05) is 37.4 Å². The number of hydrogen-bond donors (Lipinski definition) is 1. The molecular weight excluding hydrogens is 383 g/mol. The van der Waals surface area contributed by atoms with Gasteiger partial charge in [-0.3, -0.25) is 14.9 Å². The molecule has 0 bridgehead atoms. The Morgan fingerprint density at radius 3 is 2.47 bits per heavy atom. The molecule has 150 valence electrons. The number of hydrogen-bond acceptors (Lipinski definition) is 4. The average molecular weight is 402 g/mol. The number of nitrogens with one attached hydrogen (secondary N) is 1. The summed E-state index contributed by atoms with van der Waals surface area (Å²) in [6.07, 6.45) is 5.86. The Labute approximate surface area is 172 Å². The molecule has 0 fully saturated rings. The molecular formula is C23H19FN4O2. The quantitative estimate of drug-likeness (QED) is 0.541. The Hall–Kier alpha value is -3.87. The Bertz CT molecular complexity index is 1270. The number of nitrogens with zero attached hydrogens (tertiary/aromatic N) is 3. The molecule has 0 aliphatic heterocycles. The highest BCUT2D eigenvalue weighted by molar-refractivity contribution is 6.03. The van der Waals surface area contributed by atoms with Gasteiger partial charge in [0.2, 0.25) is 5.95 Å². The summed E-state index contributed by atoms with van der Waals surface area (Å²) in [6.45, 7) is 2.70. The fourth-order valence-corrected chi connectivity index (χ4v) is 3.19. The molecule has 0 radical (unpaired) electrons. The zero-order chi connectivity index (χ0) is 21.1. The maximum atomic E-state index is 13.0. The van der Waals surface area contributed by atoms with Crippen molar-refractivity contribution in [3.05, 3.63) is 88.9 Å². The van der Waals surface area contributed by atoms with Gasteiger partial charge in [-0.1, -0.05) is 19.1 Å². The largest absolute Gasteiger partial charge is 0.315 e. The van der Waals surface area contributed by atoms with Crippen molar-refractivity contribution in [2.75, 3.05) is 5.32 Å². The van der Waals surface area contributed by atoms with Crippen molar-refractivity contribution in [1.29, 1.82) is 0 Å². The molecule has 0 aliphatic rings. The second kappa shape index (κ2) is 8.24. The van der Waals surface area contributed by atoms with Crippen LogP contribution in [0.3, 0.4) is 0 Å². The third-order valence-electron chi connectivity index (χ3n) is 4.76. The molecule has 1 N–H and O–H groups in total. The summed E-state index contributed by atoms with van der Waals surface area (Å²) in [5.74, 6) is -0.701. The summed E-state index contributed by atoms with van der Waals surface area (Å²) in [4.78, 5) is 33.3. The lowest BCUT2D eigenvalue weighted by Gasteiger charge is -2.08. The van der Waals surface area contributed by atoms with Gasteiger partial charge in [-0.05, 0) is 53.8 Å². The van der Waals surface area contributed by atoms with Crippen LogP contribution in [0.4, 0.5) is 10.3 Å². The summed E-state index contributed by atoms with van der Waals surface area (Å²) in [5, 5.41) is 4.09. The number of aryl methyl sites for hydroxylation is 1. The number of carbonyl (C=O) groups is 1. The molecule has 0 aliphatic carbocycles. The van der Waals surface area contributed by atoms with Gasteiger partial charge in [-0.2, -0.15) is 0 Å². The summed E-state index contributed by atoms with van der Waals surface area (Å²) in [5.41, 5.74) is 1.81. The van der Waals surface area contributed by atoms with Crippen LogP contribution in [0.15, 0.2) is 71.9 Å². The first kappa shape index (κ1) is 19.4. The van der Waals surface area contributed by atoms with Gasteiger partial charge >= 0.3 is 0 Å². The van der Waals surface area contributed by atoms with Crippen LogP contribution in [-0.4, -0.2) is 20.4 Å². The van der Waals surface area contributed by atoms with E-state index in [4.69, 9.17) is 0 Å². The van der Waals surface area contributed by atoms with Gasteiger partial charge in [0.15, 0.2) is 0 Å². The first-order chi connectivity index (χ1) is 14.5. The molecule has 1 amide bonds. The first-order valence-corrected chi connectivity index (χ1v) is 9.57. The molecule has 6 nitrogen and oxygen atoms in total. The van der Waals surface area contributed by atoms with E-state index in [1.165, 1.54) is 24.3 Å². The van der Waals surface area contributed by atoms with Gasteiger partial charge < -0.3 is 4.57 Å². The zero-order valence-corrected chi connectivity index (χ0v) is 16.3. The fraction of sp³-hybridized carbons (Fsp3) is 0.130. The van der Waals surface area contributed by atoms with Gasteiger partial charge in [0.05, 0.1) is 0 Å². The van der Waals surface area contributed by atoms with Gasteiger partial charge in [-0.15, -0.1) is 0 Å². The molecule has 0 saturated heterocycles. The van der Waals surface area contributed by atoms with E-state index < -0.39 is 11.7 Å². The minimum absolute atomic E-state index is 0.0275. The number of rotatable bonds is 5. The number of fused-ring (bicyclic) bond motifs is 1. The van der Waals surface area contributed by atoms with Crippen molar-refractivity contribution in [2.45, 2.75) is 19.9 Å². The van der Waals surface area contributed by atoms with Crippen molar-refractivity contribution in [3.8, 4) is 11.1 Å². The monoisotopic (exact) mass is 402 g/mol. The van der Waals surface area contributed by atoms with E-state index in [0.29, 0.717) is 17.5 Å². The highest BCUT2D eigenvalue weighted by Crippen LogP contribution is 2.22. The number of halogens is 1. The lowest BCUT2D eigenvalue weighted by atomic mass is 10.0. The molecule has 0 atom stereocenters. The molecule has 2 aromatic heterocycles. The van der Waals surface area contributed by atoms with Gasteiger partial charge in [0.25, 0.3) is 11.5 Å². The molecule has 30 heavy (non-hydrogen) atoms. The number of aromatic nitrogens is 3. The second-order valence-electron chi connectivity index (χ2n) is 6.87. The molecule has 2 aromatic carbocycles. The summed E-state index contributed by atoms with van der Waals surface area (Å²) < 4.78 is 14.7. The van der Waals surface area contributed by atoms with Crippen LogP contribution in [0.1, 0.15) is 23.7 Å². The lowest BCUT2D eigenvalue weighted by Crippen LogP contribution is -2.19. The SMILES string of the molecule is CCCn1ccc2ccc(-c3cnc(NC(=O)c4ccc(F)cc4)nc3)cc2c1=O. The van der Waals surface area contributed by atoms with Crippen LogP contribution >= 0.6 is 0 Å². The van der Waals surface area contributed by atoms with Crippen LogP contribution in [0.2, 0.25) is 0 Å². The van der Waals surface area contributed by atoms with Crippen molar-refractivity contribution >= 4 is 22.6 Å². The van der Waals surface area contributed by atoms with E-state index in [2.05, 4.69) is 15.3 Å². The normalized spacial score (nSPS) is 10.9. The van der Waals surface area contributed by atoms with E-state index in [0.717, 1.165) is 22.9 Å². The number of amides is 1. The van der Waals surface area contributed by atoms with Gasteiger partial charge in [0.1, 0.15) is 5.82 Å². The highest BCUT2D eigenvalue weighted by Gasteiger charge is 2.09. The zero-order valence-electron chi connectivity index (χ0n) is 16.3. The molecule has 4 aromatic rings. The molecule has 0 spiro atoms. The van der Waals surface area contributed by atoms with E-state index in [-0.39, 0.29) is 11.5 Å². The van der Waals surface area contributed by atoms with Crippen LogP contribution in [0.5, 0.6) is 0 Å². The predicted molar refractivity (Wildman–Crippen MR) is 114 cm³/mol. The topological polar surface area (TPSA) is 76.9 Å². The van der Waals surface area contributed by atoms with Crippen LogP contribution < -0.4 is 10.9 Å². The second-order valence-corrected chi connectivity index (χ2v) is 6.87. The Kier molecular flexibility index (Phi) is 5.34. The van der Waals surface area contributed by atoms with Crippen molar-refractivity contribution in [1.82, 2.24) is 14.5 Å². The third kappa shape index (κ3) is 3.96. The minimum Gasteiger partial charge on any atom is -0.315 e. The fourth-order valence-electron chi connectivity index (χ4n) is 3.19. The molecule has 4 rings (SSSR count). The summed E-state index contributed by atoms with van der Waals surface area (Å²) in [7, 11) is 0. The molecule has 7 heteroatoms. The van der Waals surface area contributed by atoms with Crippen LogP contribution in [-0.2, 0) is 6.54 Å². The van der Waals surface area contributed by atoms with Crippen LogP contribution in [0.25, 0.3) is 21.9 Å². The van der Waals surface area contributed by atoms with E-state index in [1.54, 1.807) is 17.0 Å². The smallest absolute Gasteiger partial charge is 0.258 e. The minimum atomic E-state index is -0.426. The van der Waals surface area contributed by atoms with Gasteiger partial charge in [-0.25, -0.2) is 14.4 Å². The number of anilines is 1. The van der Waals surface area contributed by atoms with Crippen molar-refractivity contribution in [3.63, 3.8) is 0 Å². The maximum Gasteiger partial charge on any atom is 0.258 e. The third-order valence-corrected chi connectivity index (χ3v) is 4.76.